The summed E-state index contributed by atoms with van der Waals surface area (Å²) in [6.45, 7) is 4.41. The molecule has 3 rings (SSSR count). The standard InChI is InChI=1S/C20H25FN6O3/c1-13(2)23-17-9-8-16(27(29)30)18(25-17)24-14-4-6-15(7-5-14)26-11-3-10-20(21,12-26)19(22)28/h4-9,13H,3,10-12H2,1-2H3,(H2,22,28)(H2,23,24,25). The molecule has 1 amide bonds. The zero-order valence-corrected chi connectivity index (χ0v) is 16.9. The fraction of sp³-hybridized carbons (Fsp3) is 0.400. The molecule has 9 nitrogen and oxygen atoms in total. The number of benzene rings is 1. The molecular formula is C20H25FN6O3. The number of piperidine rings is 1. The number of alkyl halides is 1. The van der Waals surface area contributed by atoms with Gasteiger partial charge >= 0.3 is 5.69 Å². The molecule has 0 spiro atoms. The second kappa shape index (κ2) is 8.52. The molecule has 1 aliphatic rings. The van der Waals surface area contributed by atoms with Gasteiger partial charge in [-0.05, 0) is 57.0 Å². The number of pyridine rings is 1. The van der Waals surface area contributed by atoms with Crippen molar-refractivity contribution in [3.8, 4) is 0 Å². The van der Waals surface area contributed by atoms with Gasteiger partial charge in [-0.25, -0.2) is 9.37 Å². The van der Waals surface area contributed by atoms with E-state index in [9.17, 15) is 19.3 Å². The van der Waals surface area contributed by atoms with Gasteiger partial charge in [0.2, 0.25) is 11.5 Å². The van der Waals surface area contributed by atoms with Crippen molar-refractivity contribution in [1.29, 1.82) is 0 Å². The van der Waals surface area contributed by atoms with Crippen molar-refractivity contribution >= 4 is 34.6 Å². The van der Waals surface area contributed by atoms with Gasteiger partial charge < -0.3 is 21.3 Å². The van der Waals surface area contributed by atoms with Gasteiger partial charge in [0.15, 0.2) is 0 Å². The molecule has 30 heavy (non-hydrogen) atoms. The zero-order valence-electron chi connectivity index (χ0n) is 16.9. The van der Waals surface area contributed by atoms with Crippen LogP contribution in [0.5, 0.6) is 0 Å². The van der Waals surface area contributed by atoms with Crippen LogP contribution < -0.4 is 21.3 Å². The summed E-state index contributed by atoms with van der Waals surface area (Å²) in [5, 5.41) is 17.4. The topological polar surface area (TPSA) is 126 Å². The van der Waals surface area contributed by atoms with E-state index in [1.807, 2.05) is 13.8 Å². The number of nitrogens with one attached hydrogen (secondary N) is 2. The molecule has 1 aromatic heterocycles. The Labute approximate surface area is 173 Å². The number of halogens is 1. The van der Waals surface area contributed by atoms with Crippen molar-refractivity contribution in [3.05, 3.63) is 46.5 Å². The molecular weight excluding hydrogens is 391 g/mol. The van der Waals surface area contributed by atoms with Crippen molar-refractivity contribution in [1.82, 2.24) is 4.98 Å². The minimum atomic E-state index is -2.04. The number of nitro groups is 1. The summed E-state index contributed by atoms with van der Waals surface area (Å²) in [4.78, 5) is 28.4. The highest BCUT2D eigenvalue weighted by molar-refractivity contribution is 5.84. The molecule has 1 aliphatic heterocycles. The van der Waals surface area contributed by atoms with Crippen LogP contribution in [0.25, 0.3) is 0 Å². The van der Waals surface area contributed by atoms with Crippen molar-refractivity contribution < 1.29 is 14.1 Å². The fourth-order valence-corrected chi connectivity index (χ4v) is 3.39. The van der Waals surface area contributed by atoms with E-state index in [2.05, 4.69) is 15.6 Å². The van der Waals surface area contributed by atoms with Gasteiger partial charge in [-0.1, -0.05) is 0 Å². The summed E-state index contributed by atoms with van der Waals surface area (Å²) in [6, 6.07) is 10.1. The lowest BCUT2D eigenvalue weighted by molar-refractivity contribution is -0.384. The van der Waals surface area contributed by atoms with Crippen LogP contribution >= 0.6 is 0 Å². The number of primary amides is 1. The second-order valence-electron chi connectivity index (χ2n) is 7.65. The minimum absolute atomic E-state index is 0.0922. The number of carbonyl (C=O) groups is 1. The molecule has 0 aliphatic carbocycles. The lowest BCUT2D eigenvalue weighted by Crippen LogP contribution is -2.53. The maximum atomic E-state index is 14.6. The molecule has 0 bridgehead atoms. The average Bonchev–Trinajstić information content (AvgIpc) is 2.68. The van der Waals surface area contributed by atoms with E-state index >= 15 is 0 Å². The number of aromatic nitrogens is 1. The molecule has 2 heterocycles. The van der Waals surface area contributed by atoms with Gasteiger partial charge in [0.1, 0.15) is 5.82 Å². The first-order valence-electron chi connectivity index (χ1n) is 9.71. The van der Waals surface area contributed by atoms with E-state index in [1.54, 1.807) is 35.2 Å². The third kappa shape index (κ3) is 4.76. The smallest absolute Gasteiger partial charge is 0.311 e. The van der Waals surface area contributed by atoms with E-state index < -0.39 is 16.5 Å². The first-order valence-corrected chi connectivity index (χ1v) is 9.71. The summed E-state index contributed by atoms with van der Waals surface area (Å²) < 4.78 is 14.6. The Morgan fingerprint density at radius 3 is 2.60 bits per heavy atom. The van der Waals surface area contributed by atoms with Crippen LogP contribution in [-0.4, -0.2) is 40.6 Å². The number of nitrogens with zero attached hydrogens (tertiary/aromatic N) is 3. The molecule has 1 fully saturated rings. The van der Waals surface area contributed by atoms with Crippen LogP contribution in [0.2, 0.25) is 0 Å². The van der Waals surface area contributed by atoms with Gasteiger partial charge in [-0.3, -0.25) is 14.9 Å². The highest BCUT2D eigenvalue weighted by Crippen LogP contribution is 2.31. The van der Waals surface area contributed by atoms with E-state index in [4.69, 9.17) is 5.73 Å². The zero-order chi connectivity index (χ0) is 21.9. The maximum absolute atomic E-state index is 14.6. The maximum Gasteiger partial charge on any atom is 0.311 e. The van der Waals surface area contributed by atoms with Crippen molar-refractivity contribution in [2.24, 2.45) is 5.73 Å². The summed E-state index contributed by atoms with van der Waals surface area (Å²) in [5.41, 5.74) is 4.36. The van der Waals surface area contributed by atoms with E-state index in [0.717, 1.165) is 5.69 Å². The first kappa shape index (κ1) is 21.3. The van der Waals surface area contributed by atoms with Crippen LogP contribution in [0.15, 0.2) is 36.4 Å². The monoisotopic (exact) mass is 416 g/mol. The van der Waals surface area contributed by atoms with Gasteiger partial charge in [0, 0.05) is 30.0 Å². The van der Waals surface area contributed by atoms with Gasteiger partial charge in [-0.15, -0.1) is 0 Å². The quantitative estimate of drug-likeness (QED) is 0.467. The Balaban J connectivity index is 1.79. The Bertz CT molecular complexity index is 937. The molecule has 1 aromatic carbocycles. The highest BCUT2D eigenvalue weighted by atomic mass is 19.1. The van der Waals surface area contributed by atoms with Crippen LogP contribution in [0.1, 0.15) is 26.7 Å². The SMILES string of the molecule is CC(C)Nc1ccc([N+](=O)[O-])c(Nc2ccc(N3CCCC(F)(C(N)=O)C3)cc2)n1. The summed E-state index contributed by atoms with van der Waals surface area (Å²) >= 11 is 0. The van der Waals surface area contributed by atoms with Crippen LogP contribution in [0, 0.1) is 10.1 Å². The second-order valence-corrected chi connectivity index (χ2v) is 7.65. The lowest BCUT2D eigenvalue weighted by atomic mass is 9.93. The molecule has 4 N–H and O–H groups in total. The predicted molar refractivity (Wildman–Crippen MR) is 114 cm³/mol. The molecule has 0 saturated carbocycles. The predicted octanol–water partition coefficient (Wildman–Crippen LogP) is 3.35. The molecule has 1 saturated heterocycles. The van der Waals surface area contributed by atoms with E-state index in [-0.39, 0.29) is 30.5 Å². The van der Waals surface area contributed by atoms with Crippen LogP contribution in [0.4, 0.5) is 33.1 Å². The minimum Gasteiger partial charge on any atom is -0.368 e. The van der Waals surface area contributed by atoms with Crippen LogP contribution in [-0.2, 0) is 4.79 Å². The van der Waals surface area contributed by atoms with Crippen molar-refractivity contribution in [3.63, 3.8) is 0 Å². The number of nitrogens with two attached hydrogens (primary N) is 1. The number of hydrogen-bond acceptors (Lipinski definition) is 7. The van der Waals surface area contributed by atoms with Crippen molar-refractivity contribution in [2.75, 3.05) is 28.6 Å². The molecule has 0 radical (unpaired) electrons. The molecule has 1 atom stereocenters. The van der Waals surface area contributed by atoms with Gasteiger partial charge in [0.25, 0.3) is 5.91 Å². The fourth-order valence-electron chi connectivity index (χ4n) is 3.39. The summed E-state index contributed by atoms with van der Waals surface area (Å²) in [6.07, 6.45) is 0.639. The summed E-state index contributed by atoms with van der Waals surface area (Å²) in [7, 11) is 0. The first-order chi connectivity index (χ1) is 14.2. The van der Waals surface area contributed by atoms with Crippen molar-refractivity contribution in [2.45, 2.75) is 38.4 Å². The normalized spacial score (nSPS) is 18.9. The summed E-state index contributed by atoms with van der Waals surface area (Å²) in [5.74, 6) is -0.305. The average molecular weight is 416 g/mol. The Kier molecular flexibility index (Phi) is 6.04. The third-order valence-electron chi connectivity index (χ3n) is 4.89. The lowest BCUT2D eigenvalue weighted by Gasteiger charge is -2.36. The molecule has 10 heteroatoms. The molecule has 2 aromatic rings. The van der Waals surface area contributed by atoms with Gasteiger partial charge in [-0.2, -0.15) is 0 Å². The number of amides is 1. The number of rotatable bonds is 7. The van der Waals surface area contributed by atoms with E-state index in [1.165, 1.54) is 6.07 Å². The Morgan fingerprint density at radius 2 is 2.00 bits per heavy atom. The Hall–Kier alpha value is -3.43. The Morgan fingerprint density at radius 1 is 1.30 bits per heavy atom. The highest BCUT2D eigenvalue weighted by Gasteiger charge is 2.41. The van der Waals surface area contributed by atoms with E-state index in [0.29, 0.717) is 24.5 Å². The van der Waals surface area contributed by atoms with Gasteiger partial charge in [0.05, 0.1) is 11.5 Å². The number of anilines is 4. The van der Waals surface area contributed by atoms with Crippen LogP contribution in [0.3, 0.4) is 0 Å². The molecule has 160 valence electrons. The third-order valence-corrected chi connectivity index (χ3v) is 4.89. The molecule has 1 unspecified atom stereocenters. The number of carbonyl (C=O) groups excluding carboxylic acids is 1. The number of hydrogen-bond donors (Lipinski definition) is 3. The largest absolute Gasteiger partial charge is 0.368 e.